The number of pyridine rings is 1. The highest BCUT2D eigenvalue weighted by molar-refractivity contribution is 5.88. The van der Waals surface area contributed by atoms with E-state index in [1.165, 1.54) is 0 Å². The molecule has 0 fully saturated rings. The standard InChI is InChI=1S/C25H21F3N2O5/c1-2-24(34,22(31)23(32)33)19-14-30(20-6-4-3-5-18(19)20)16-8-10-17(11-9-16)35-21-12-7-15(13-29-21)25(26,27)28/h3-14,22,31,34H,2H2,1H3,(H,32,33)/t22-,24-/m0/s1. The number of aliphatic hydroxyl groups is 2. The molecule has 0 spiro atoms. The third-order valence-electron chi connectivity index (χ3n) is 5.80. The first-order chi connectivity index (χ1) is 16.5. The number of carboxylic acids is 1. The molecule has 0 aliphatic rings. The molecule has 0 radical (unpaired) electrons. The number of para-hydroxylation sites is 1. The molecule has 2 aromatic carbocycles. The number of benzene rings is 2. The van der Waals surface area contributed by atoms with Crippen molar-refractivity contribution >= 4 is 16.9 Å². The van der Waals surface area contributed by atoms with Crippen molar-refractivity contribution < 1.29 is 38.0 Å². The van der Waals surface area contributed by atoms with E-state index in [0.29, 0.717) is 28.5 Å². The fourth-order valence-electron chi connectivity index (χ4n) is 3.88. The van der Waals surface area contributed by atoms with Crippen LogP contribution in [0.25, 0.3) is 16.6 Å². The van der Waals surface area contributed by atoms with Gasteiger partial charge in [-0.1, -0.05) is 25.1 Å². The molecule has 0 saturated carbocycles. The quantitative estimate of drug-likeness (QED) is 0.344. The summed E-state index contributed by atoms with van der Waals surface area (Å²) in [4.78, 5) is 15.1. The van der Waals surface area contributed by atoms with Gasteiger partial charge in [0.15, 0.2) is 6.10 Å². The number of hydrogen-bond acceptors (Lipinski definition) is 5. The highest BCUT2D eigenvalue weighted by Crippen LogP contribution is 2.37. The Morgan fingerprint density at radius 3 is 2.34 bits per heavy atom. The zero-order valence-electron chi connectivity index (χ0n) is 18.4. The molecule has 2 aromatic heterocycles. The van der Waals surface area contributed by atoms with Crippen LogP contribution in [0.3, 0.4) is 0 Å². The van der Waals surface area contributed by atoms with E-state index in [0.717, 1.165) is 12.1 Å². The third kappa shape index (κ3) is 4.58. The molecule has 2 atom stereocenters. The number of halogens is 3. The van der Waals surface area contributed by atoms with E-state index in [4.69, 9.17) is 4.74 Å². The van der Waals surface area contributed by atoms with E-state index >= 15 is 0 Å². The van der Waals surface area contributed by atoms with Crippen LogP contribution in [0.2, 0.25) is 0 Å². The Hall–Kier alpha value is -3.89. The van der Waals surface area contributed by atoms with Crippen molar-refractivity contribution in [3.63, 3.8) is 0 Å². The number of aliphatic carboxylic acids is 1. The lowest BCUT2D eigenvalue weighted by Crippen LogP contribution is -2.44. The van der Waals surface area contributed by atoms with Crippen molar-refractivity contribution in [3.8, 4) is 17.3 Å². The molecule has 4 aromatic rings. The lowest BCUT2D eigenvalue weighted by molar-refractivity contribution is -0.165. The van der Waals surface area contributed by atoms with Gasteiger partial charge in [-0.15, -0.1) is 0 Å². The molecule has 0 saturated heterocycles. The summed E-state index contributed by atoms with van der Waals surface area (Å²) in [5.74, 6) is -1.20. The van der Waals surface area contributed by atoms with Crippen LogP contribution in [0.5, 0.6) is 11.6 Å². The maximum absolute atomic E-state index is 12.7. The second-order valence-corrected chi connectivity index (χ2v) is 7.93. The first-order valence-corrected chi connectivity index (χ1v) is 10.6. The van der Waals surface area contributed by atoms with Crippen molar-refractivity contribution in [1.82, 2.24) is 9.55 Å². The van der Waals surface area contributed by atoms with Crippen LogP contribution in [-0.2, 0) is 16.6 Å². The van der Waals surface area contributed by atoms with Crippen molar-refractivity contribution in [3.05, 3.63) is 84.2 Å². The van der Waals surface area contributed by atoms with Crippen LogP contribution in [0.4, 0.5) is 13.2 Å². The average molecular weight is 486 g/mol. The first kappa shape index (κ1) is 24.2. The molecule has 0 aliphatic carbocycles. The highest BCUT2D eigenvalue weighted by atomic mass is 19.4. The van der Waals surface area contributed by atoms with Gasteiger partial charge in [-0.3, -0.25) is 0 Å². The summed E-state index contributed by atoms with van der Waals surface area (Å²) in [5, 5.41) is 31.3. The van der Waals surface area contributed by atoms with E-state index in [2.05, 4.69) is 4.98 Å². The zero-order chi connectivity index (χ0) is 25.4. The molecule has 0 bridgehead atoms. The number of alkyl halides is 3. The van der Waals surface area contributed by atoms with E-state index in [-0.39, 0.29) is 17.9 Å². The van der Waals surface area contributed by atoms with Crippen LogP contribution >= 0.6 is 0 Å². The van der Waals surface area contributed by atoms with Crippen molar-refractivity contribution in [2.45, 2.75) is 31.2 Å². The van der Waals surface area contributed by atoms with Crippen molar-refractivity contribution in [2.24, 2.45) is 0 Å². The van der Waals surface area contributed by atoms with Gasteiger partial charge in [0.2, 0.25) is 5.88 Å². The number of rotatable bonds is 7. The number of aromatic nitrogens is 2. The number of fused-ring (bicyclic) bond motifs is 1. The van der Waals surface area contributed by atoms with Gasteiger partial charge in [0, 0.05) is 35.1 Å². The molecule has 35 heavy (non-hydrogen) atoms. The normalized spacial score (nSPS) is 14.5. The summed E-state index contributed by atoms with van der Waals surface area (Å²) in [5.41, 5.74) is -1.32. The Balaban J connectivity index is 1.67. The minimum absolute atomic E-state index is 0.00452. The Morgan fingerprint density at radius 1 is 1.09 bits per heavy atom. The predicted molar refractivity (Wildman–Crippen MR) is 120 cm³/mol. The maximum atomic E-state index is 12.7. The summed E-state index contributed by atoms with van der Waals surface area (Å²) >= 11 is 0. The van der Waals surface area contributed by atoms with Gasteiger partial charge in [-0.2, -0.15) is 13.2 Å². The van der Waals surface area contributed by atoms with Gasteiger partial charge in [0.1, 0.15) is 11.4 Å². The van der Waals surface area contributed by atoms with Crippen LogP contribution in [-0.4, -0.2) is 36.9 Å². The van der Waals surface area contributed by atoms with E-state index in [1.54, 1.807) is 66.2 Å². The molecule has 3 N–H and O–H groups in total. The second kappa shape index (κ2) is 9.05. The summed E-state index contributed by atoms with van der Waals surface area (Å²) in [6.07, 6.45) is -4.29. The topological polar surface area (TPSA) is 105 Å². The number of aliphatic hydroxyl groups excluding tert-OH is 1. The Morgan fingerprint density at radius 2 is 1.77 bits per heavy atom. The molecule has 7 nitrogen and oxygen atoms in total. The first-order valence-electron chi connectivity index (χ1n) is 10.6. The van der Waals surface area contributed by atoms with Gasteiger partial charge >= 0.3 is 12.1 Å². The monoisotopic (exact) mass is 486 g/mol. The van der Waals surface area contributed by atoms with Gasteiger partial charge in [-0.05, 0) is 42.8 Å². The van der Waals surface area contributed by atoms with Crippen molar-refractivity contribution in [2.75, 3.05) is 0 Å². The summed E-state index contributed by atoms with van der Waals surface area (Å²) in [7, 11) is 0. The molecule has 2 heterocycles. The number of hydrogen-bond donors (Lipinski definition) is 3. The predicted octanol–water partition coefficient (Wildman–Crippen LogP) is 4.88. The zero-order valence-corrected chi connectivity index (χ0v) is 18.4. The molecule has 4 rings (SSSR count). The Kier molecular flexibility index (Phi) is 6.27. The molecule has 0 unspecified atom stereocenters. The summed E-state index contributed by atoms with van der Waals surface area (Å²) in [6, 6.07) is 15.6. The SMILES string of the molecule is CC[C@](O)(c1cn(-c2ccc(Oc3ccc(C(F)(F)F)cn3)cc2)c2ccccc12)[C@@H](O)C(=O)O. The minimum Gasteiger partial charge on any atom is -0.479 e. The van der Waals surface area contributed by atoms with Crippen LogP contribution in [0, 0.1) is 0 Å². The highest BCUT2D eigenvalue weighted by Gasteiger charge is 2.42. The molecule has 0 amide bonds. The van der Waals surface area contributed by atoms with E-state index in [1.807, 2.05) is 0 Å². The van der Waals surface area contributed by atoms with Gasteiger partial charge in [0.05, 0.1) is 11.1 Å². The van der Waals surface area contributed by atoms with E-state index < -0.39 is 29.4 Å². The molecular weight excluding hydrogens is 465 g/mol. The van der Waals surface area contributed by atoms with Crippen LogP contribution < -0.4 is 4.74 Å². The summed E-state index contributed by atoms with van der Waals surface area (Å²) < 4.78 is 45.4. The van der Waals surface area contributed by atoms with Gasteiger partial charge < -0.3 is 24.6 Å². The fourth-order valence-corrected chi connectivity index (χ4v) is 3.88. The van der Waals surface area contributed by atoms with Crippen LogP contribution in [0.1, 0.15) is 24.5 Å². The Bertz CT molecular complexity index is 1350. The fraction of sp³-hybridized carbons (Fsp3) is 0.200. The maximum Gasteiger partial charge on any atom is 0.417 e. The Labute approximate surface area is 197 Å². The lowest BCUT2D eigenvalue weighted by Gasteiger charge is -2.29. The molecule has 10 heteroatoms. The number of ether oxygens (including phenoxy) is 1. The number of nitrogens with zero attached hydrogens (tertiary/aromatic N) is 2. The lowest BCUT2D eigenvalue weighted by atomic mass is 9.85. The minimum atomic E-state index is -4.49. The smallest absolute Gasteiger partial charge is 0.417 e. The number of carboxylic acid groups (broad SMARTS) is 1. The molecule has 182 valence electrons. The second-order valence-electron chi connectivity index (χ2n) is 7.93. The largest absolute Gasteiger partial charge is 0.479 e. The average Bonchev–Trinajstić information content (AvgIpc) is 3.23. The van der Waals surface area contributed by atoms with Crippen molar-refractivity contribution in [1.29, 1.82) is 0 Å². The number of carbonyl (C=O) groups is 1. The van der Waals surface area contributed by atoms with Gasteiger partial charge in [0.25, 0.3) is 0 Å². The molecule has 0 aliphatic heterocycles. The van der Waals surface area contributed by atoms with Gasteiger partial charge in [-0.25, -0.2) is 9.78 Å². The summed E-state index contributed by atoms with van der Waals surface area (Å²) in [6.45, 7) is 1.58. The van der Waals surface area contributed by atoms with Crippen LogP contribution in [0.15, 0.2) is 73.1 Å². The molecular formula is C25H21F3N2O5. The van der Waals surface area contributed by atoms with E-state index in [9.17, 15) is 33.3 Å². The third-order valence-corrected chi connectivity index (χ3v) is 5.80.